The first-order valence-electron chi connectivity index (χ1n) is 10.3. The molecule has 5 rings (SSSR count). The van der Waals surface area contributed by atoms with E-state index in [-0.39, 0.29) is 22.9 Å². The quantitative estimate of drug-likeness (QED) is 0.595. The van der Waals surface area contributed by atoms with E-state index in [4.69, 9.17) is 9.26 Å². The summed E-state index contributed by atoms with van der Waals surface area (Å²) in [5, 5.41) is 4.87. The molecule has 2 fully saturated rings. The minimum atomic E-state index is -3.65. The minimum Gasteiger partial charge on any atom is -0.384 e. The van der Waals surface area contributed by atoms with E-state index in [1.54, 1.807) is 29.7 Å². The van der Waals surface area contributed by atoms with Crippen molar-refractivity contribution in [3.63, 3.8) is 0 Å². The van der Waals surface area contributed by atoms with E-state index >= 15 is 0 Å². The molecule has 2 aliphatic rings. The first kappa shape index (κ1) is 19.6. The number of pyridine rings is 1. The summed E-state index contributed by atoms with van der Waals surface area (Å²) in [5.74, 6) is 1.33. The molecule has 0 N–H and O–H groups in total. The molecule has 0 aliphatic carbocycles. The average molecular weight is 429 g/mol. The zero-order valence-corrected chi connectivity index (χ0v) is 17.6. The van der Waals surface area contributed by atoms with Gasteiger partial charge in [-0.25, -0.2) is 8.42 Å². The smallest absolute Gasteiger partial charge is 0.245 e. The Balaban J connectivity index is 1.42. The molecule has 3 aromatic rings. The fourth-order valence-corrected chi connectivity index (χ4v) is 6.91. The van der Waals surface area contributed by atoms with Crippen molar-refractivity contribution in [2.45, 2.75) is 55.0 Å². The van der Waals surface area contributed by atoms with E-state index in [9.17, 15) is 8.42 Å². The van der Waals surface area contributed by atoms with Crippen LogP contribution in [0.5, 0.6) is 0 Å². The summed E-state index contributed by atoms with van der Waals surface area (Å²) in [7, 11) is -2.01. The Kier molecular flexibility index (Phi) is 5.04. The number of piperidine rings is 1. The number of methoxy groups -OCH3 is 1. The van der Waals surface area contributed by atoms with Crippen molar-refractivity contribution >= 4 is 20.9 Å². The van der Waals surface area contributed by atoms with E-state index < -0.39 is 10.0 Å². The molecular formula is C21H24N4O4S. The molecule has 2 bridgehead atoms. The SMILES string of the molecule is COCCc1noc(C2C[C@H]3CC[C@@H](C2)N3S(=O)(=O)c2cccc3cccnc23)n1. The van der Waals surface area contributed by atoms with Crippen molar-refractivity contribution in [2.24, 2.45) is 0 Å². The topological polar surface area (TPSA) is 98.4 Å². The highest BCUT2D eigenvalue weighted by Crippen LogP contribution is 2.45. The number of aromatic nitrogens is 3. The Morgan fingerprint density at radius 2 is 1.93 bits per heavy atom. The van der Waals surface area contributed by atoms with Crippen molar-refractivity contribution in [2.75, 3.05) is 13.7 Å². The van der Waals surface area contributed by atoms with Crippen LogP contribution in [0.1, 0.15) is 43.3 Å². The van der Waals surface area contributed by atoms with Crippen molar-refractivity contribution in [1.29, 1.82) is 0 Å². The van der Waals surface area contributed by atoms with Crippen LogP contribution >= 0.6 is 0 Å². The van der Waals surface area contributed by atoms with Gasteiger partial charge in [0.15, 0.2) is 5.82 Å². The second kappa shape index (κ2) is 7.72. The summed E-state index contributed by atoms with van der Waals surface area (Å²) in [6.07, 6.45) is 5.33. The number of fused-ring (bicyclic) bond motifs is 3. The Morgan fingerprint density at radius 1 is 1.17 bits per heavy atom. The van der Waals surface area contributed by atoms with Gasteiger partial charge in [0.05, 0.1) is 12.1 Å². The molecule has 8 nitrogen and oxygen atoms in total. The highest BCUT2D eigenvalue weighted by atomic mass is 32.2. The maximum atomic E-state index is 13.6. The molecule has 0 saturated carbocycles. The molecule has 2 aromatic heterocycles. The van der Waals surface area contributed by atoms with Gasteiger partial charge in [-0.3, -0.25) is 4.98 Å². The van der Waals surface area contributed by atoms with Crippen LogP contribution in [0.4, 0.5) is 0 Å². The summed E-state index contributed by atoms with van der Waals surface area (Å²) in [5.41, 5.74) is 0.529. The largest absolute Gasteiger partial charge is 0.384 e. The van der Waals surface area contributed by atoms with Crippen molar-refractivity contribution in [3.05, 3.63) is 48.2 Å². The lowest BCUT2D eigenvalue weighted by Gasteiger charge is -2.36. The molecule has 3 atom stereocenters. The molecule has 158 valence electrons. The van der Waals surface area contributed by atoms with Crippen LogP contribution in [-0.2, 0) is 21.2 Å². The van der Waals surface area contributed by atoms with Gasteiger partial charge in [0.2, 0.25) is 15.9 Å². The summed E-state index contributed by atoms with van der Waals surface area (Å²) in [4.78, 5) is 9.16. The molecule has 9 heteroatoms. The zero-order chi connectivity index (χ0) is 20.7. The maximum Gasteiger partial charge on any atom is 0.245 e. The van der Waals surface area contributed by atoms with E-state index in [1.807, 2.05) is 18.2 Å². The zero-order valence-electron chi connectivity index (χ0n) is 16.8. The monoisotopic (exact) mass is 428 g/mol. The molecule has 30 heavy (non-hydrogen) atoms. The average Bonchev–Trinajstić information content (AvgIpc) is 3.34. The Hall–Kier alpha value is -2.36. The van der Waals surface area contributed by atoms with Crippen LogP contribution in [0.15, 0.2) is 45.9 Å². The summed E-state index contributed by atoms with van der Waals surface area (Å²) in [6.45, 7) is 0.542. The molecule has 0 amide bonds. The van der Waals surface area contributed by atoms with E-state index in [1.165, 1.54) is 0 Å². The van der Waals surface area contributed by atoms with Crippen LogP contribution < -0.4 is 0 Å². The lowest BCUT2D eigenvalue weighted by molar-refractivity contribution is 0.198. The van der Waals surface area contributed by atoms with Crippen LogP contribution in [-0.4, -0.2) is 53.6 Å². The highest BCUT2D eigenvalue weighted by Gasteiger charge is 2.49. The standard InChI is InChI=1S/C21H24N4O4S/c1-28-11-9-19-23-21(29-24-19)15-12-16-7-8-17(13-15)25(16)30(26,27)18-6-2-4-14-5-3-10-22-20(14)18/h2-6,10,15-17H,7-9,11-13H2,1H3/t15?,16-,17+. The Morgan fingerprint density at radius 3 is 2.70 bits per heavy atom. The van der Waals surface area contributed by atoms with Gasteiger partial charge in [0.25, 0.3) is 0 Å². The third kappa shape index (κ3) is 3.30. The van der Waals surface area contributed by atoms with Crippen LogP contribution in [0.2, 0.25) is 0 Å². The number of rotatable bonds is 6. The van der Waals surface area contributed by atoms with E-state index in [0.29, 0.717) is 43.1 Å². The first-order valence-corrected chi connectivity index (χ1v) is 11.7. The number of para-hydroxylation sites is 1. The summed E-state index contributed by atoms with van der Waals surface area (Å²) < 4.78 is 39.6. The predicted octanol–water partition coefficient (Wildman–Crippen LogP) is 2.91. The van der Waals surface area contributed by atoms with Gasteiger partial charge in [-0.2, -0.15) is 9.29 Å². The molecule has 4 heterocycles. The maximum absolute atomic E-state index is 13.6. The van der Waals surface area contributed by atoms with Crippen molar-refractivity contribution < 1.29 is 17.7 Å². The Labute approximate surface area is 175 Å². The molecule has 0 spiro atoms. The summed E-state index contributed by atoms with van der Waals surface area (Å²) >= 11 is 0. The molecule has 0 radical (unpaired) electrons. The number of sulfonamides is 1. The number of benzene rings is 1. The highest BCUT2D eigenvalue weighted by molar-refractivity contribution is 7.89. The normalized spacial score (nSPS) is 24.5. The minimum absolute atomic E-state index is 0.0629. The number of hydrogen-bond donors (Lipinski definition) is 0. The third-order valence-corrected chi connectivity index (χ3v) is 8.22. The molecule has 1 unspecified atom stereocenters. The molecule has 2 saturated heterocycles. The lowest BCUT2D eigenvalue weighted by Crippen LogP contribution is -2.46. The first-order chi connectivity index (χ1) is 14.6. The molecular weight excluding hydrogens is 404 g/mol. The predicted molar refractivity (Wildman–Crippen MR) is 109 cm³/mol. The van der Waals surface area contributed by atoms with Gasteiger partial charge >= 0.3 is 0 Å². The van der Waals surface area contributed by atoms with Gasteiger partial charge in [-0.15, -0.1) is 0 Å². The van der Waals surface area contributed by atoms with Crippen molar-refractivity contribution in [1.82, 2.24) is 19.4 Å². The van der Waals surface area contributed by atoms with Gasteiger partial charge in [0.1, 0.15) is 4.90 Å². The number of hydrogen-bond acceptors (Lipinski definition) is 7. The van der Waals surface area contributed by atoms with Gasteiger partial charge in [-0.05, 0) is 37.8 Å². The Bertz CT molecular complexity index is 1140. The molecule has 2 aliphatic heterocycles. The second-order valence-electron chi connectivity index (χ2n) is 8.01. The number of ether oxygens (including phenoxy) is 1. The molecule has 1 aromatic carbocycles. The van der Waals surface area contributed by atoms with Crippen LogP contribution in [0.25, 0.3) is 10.9 Å². The van der Waals surface area contributed by atoms with Gasteiger partial charge < -0.3 is 9.26 Å². The van der Waals surface area contributed by atoms with Crippen LogP contribution in [0.3, 0.4) is 0 Å². The second-order valence-corrected chi connectivity index (χ2v) is 9.82. The third-order valence-electron chi connectivity index (χ3n) is 6.18. The summed E-state index contributed by atoms with van der Waals surface area (Å²) in [6, 6.07) is 8.91. The fraction of sp³-hybridized carbons (Fsp3) is 0.476. The van der Waals surface area contributed by atoms with Gasteiger partial charge in [0, 0.05) is 43.1 Å². The van der Waals surface area contributed by atoms with Crippen LogP contribution in [0, 0.1) is 0 Å². The number of nitrogens with zero attached hydrogens (tertiary/aromatic N) is 4. The van der Waals surface area contributed by atoms with E-state index in [2.05, 4.69) is 15.1 Å². The lowest BCUT2D eigenvalue weighted by atomic mass is 9.92. The fourth-order valence-electron chi connectivity index (χ4n) is 4.85. The van der Waals surface area contributed by atoms with Crippen molar-refractivity contribution in [3.8, 4) is 0 Å². The van der Waals surface area contributed by atoms with E-state index in [0.717, 1.165) is 18.2 Å². The van der Waals surface area contributed by atoms with Gasteiger partial charge in [-0.1, -0.05) is 23.4 Å².